The second-order valence-electron chi connectivity index (χ2n) is 3.41. The molecule has 2 rings (SSSR count). The summed E-state index contributed by atoms with van der Waals surface area (Å²) in [5, 5.41) is 19.8. The number of benzene rings is 1. The molecule has 1 aromatic carbocycles. The van der Waals surface area contributed by atoms with Gasteiger partial charge >= 0.3 is 0 Å². The van der Waals surface area contributed by atoms with Gasteiger partial charge in [-0.15, -0.1) is 0 Å². The van der Waals surface area contributed by atoms with E-state index >= 15 is 0 Å². The molecule has 16 heavy (non-hydrogen) atoms. The summed E-state index contributed by atoms with van der Waals surface area (Å²) in [6.45, 7) is 0. The molecule has 5 nitrogen and oxygen atoms in total. The van der Waals surface area contributed by atoms with E-state index in [4.69, 9.17) is 5.11 Å². The molecule has 1 aliphatic heterocycles. The number of phenols is 2. The van der Waals surface area contributed by atoms with Crippen molar-refractivity contribution < 1.29 is 19.8 Å². The van der Waals surface area contributed by atoms with Gasteiger partial charge in [0.05, 0.1) is 5.25 Å². The Morgan fingerprint density at radius 3 is 2.56 bits per heavy atom. The maximum Gasteiger partial charge on any atom is 0.286 e. The standard InChI is InChI=1S/C10H9NO4S/c12-6-2-1-5(3-7(6)13)4-8-9(14)11-10(15)16-8/h1-3,8,12-13H,4H2,(H,11,14,15). The van der Waals surface area contributed by atoms with E-state index in [1.165, 1.54) is 12.1 Å². The molecule has 1 heterocycles. The summed E-state index contributed by atoms with van der Waals surface area (Å²) < 4.78 is 0. The molecular weight excluding hydrogens is 230 g/mol. The predicted molar refractivity (Wildman–Crippen MR) is 58.4 cm³/mol. The van der Waals surface area contributed by atoms with E-state index in [-0.39, 0.29) is 22.6 Å². The van der Waals surface area contributed by atoms with Crippen molar-refractivity contribution in [2.45, 2.75) is 11.7 Å². The number of aromatic hydroxyl groups is 2. The SMILES string of the molecule is O=C1NC(=O)C(Cc2ccc(O)c(O)c2)S1. The second-order valence-corrected chi connectivity index (χ2v) is 4.59. The van der Waals surface area contributed by atoms with Gasteiger partial charge in [-0.2, -0.15) is 0 Å². The fourth-order valence-electron chi connectivity index (χ4n) is 1.44. The number of hydrogen-bond donors (Lipinski definition) is 3. The van der Waals surface area contributed by atoms with Gasteiger partial charge in [0.2, 0.25) is 5.91 Å². The highest BCUT2D eigenvalue weighted by molar-refractivity contribution is 8.15. The maximum absolute atomic E-state index is 11.3. The van der Waals surface area contributed by atoms with Crippen LogP contribution >= 0.6 is 11.8 Å². The molecule has 6 heteroatoms. The van der Waals surface area contributed by atoms with Crippen LogP contribution in [0.4, 0.5) is 4.79 Å². The van der Waals surface area contributed by atoms with Crippen molar-refractivity contribution in [1.29, 1.82) is 0 Å². The van der Waals surface area contributed by atoms with Gasteiger partial charge in [0.25, 0.3) is 5.24 Å². The lowest BCUT2D eigenvalue weighted by Gasteiger charge is -2.06. The molecule has 1 saturated heterocycles. The highest BCUT2D eigenvalue weighted by Gasteiger charge is 2.31. The van der Waals surface area contributed by atoms with Crippen molar-refractivity contribution in [2.24, 2.45) is 0 Å². The Labute approximate surface area is 95.5 Å². The molecule has 0 aliphatic carbocycles. The zero-order valence-corrected chi connectivity index (χ0v) is 8.95. The number of rotatable bonds is 2. The topological polar surface area (TPSA) is 86.6 Å². The van der Waals surface area contributed by atoms with Crippen molar-refractivity contribution in [3.05, 3.63) is 23.8 Å². The fourth-order valence-corrected chi connectivity index (χ4v) is 2.30. The van der Waals surface area contributed by atoms with Crippen LogP contribution in [-0.4, -0.2) is 26.6 Å². The van der Waals surface area contributed by atoms with Gasteiger partial charge in [0, 0.05) is 0 Å². The van der Waals surface area contributed by atoms with Crippen LogP contribution in [0.1, 0.15) is 5.56 Å². The van der Waals surface area contributed by atoms with Gasteiger partial charge in [-0.25, -0.2) is 0 Å². The lowest BCUT2D eigenvalue weighted by atomic mass is 10.1. The van der Waals surface area contributed by atoms with Crippen molar-refractivity contribution in [3.8, 4) is 11.5 Å². The van der Waals surface area contributed by atoms with Crippen LogP contribution in [0, 0.1) is 0 Å². The summed E-state index contributed by atoms with van der Waals surface area (Å²) in [6, 6.07) is 4.33. The summed E-state index contributed by atoms with van der Waals surface area (Å²) in [4.78, 5) is 22.2. The third kappa shape index (κ3) is 2.11. The van der Waals surface area contributed by atoms with Gasteiger partial charge in [-0.05, 0) is 24.1 Å². The number of carbonyl (C=O) groups excluding carboxylic acids is 2. The quantitative estimate of drug-likeness (QED) is 0.670. The summed E-state index contributed by atoms with van der Waals surface area (Å²) in [5.74, 6) is -0.752. The third-order valence-corrected chi connectivity index (χ3v) is 3.21. The van der Waals surface area contributed by atoms with Crippen LogP contribution in [0.2, 0.25) is 0 Å². The lowest BCUT2D eigenvalue weighted by Crippen LogP contribution is -2.25. The Kier molecular flexibility index (Phi) is 2.74. The summed E-state index contributed by atoms with van der Waals surface area (Å²) in [6.07, 6.45) is 0.343. The van der Waals surface area contributed by atoms with Crippen molar-refractivity contribution >= 4 is 22.9 Å². The lowest BCUT2D eigenvalue weighted by molar-refractivity contribution is -0.118. The molecule has 0 bridgehead atoms. The number of amides is 2. The Morgan fingerprint density at radius 2 is 2.00 bits per heavy atom. The zero-order valence-electron chi connectivity index (χ0n) is 8.14. The first-order valence-electron chi connectivity index (χ1n) is 4.58. The van der Waals surface area contributed by atoms with Gasteiger partial charge in [0.15, 0.2) is 11.5 Å². The van der Waals surface area contributed by atoms with E-state index in [2.05, 4.69) is 5.32 Å². The second kappa shape index (κ2) is 4.05. The predicted octanol–water partition coefficient (Wildman–Crippen LogP) is 0.992. The van der Waals surface area contributed by atoms with Crippen LogP contribution in [0.25, 0.3) is 0 Å². The molecule has 0 aromatic heterocycles. The number of phenolic OH excluding ortho intramolecular Hbond substituents is 2. The normalized spacial score (nSPS) is 19.9. The van der Waals surface area contributed by atoms with Crippen LogP contribution in [0.5, 0.6) is 11.5 Å². The van der Waals surface area contributed by atoms with E-state index in [0.717, 1.165) is 11.8 Å². The number of hydrogen-bond acceptors (Lipinski definition) is 5. The Balaban J connectivity index is 2.12. The van der Waals surface area contributed by atoms with E-state index in [1.807, 2.05) is 0 Å². The smallest absolute Gasteiger partial charge is 0.286 e. The highest BCUT2D eigenvalue weighted by Crippen LogP contribution is 2.28. The minimum Gasteiger partial charge on any atom is -0.504 e. The first-order valence-corrected chi connectivity index (χ1v) is 5.46. The van der Waals surface area contributed by atoms with Gasteiger partial charge < -0.3 is 10.2 Å². The van der Waals surface area contributed by atoms with Crippen molar-refractivity contribution in [2.75, 3.05) is 0 Å². The van der Waals surface area contributed by atoms with E-state index in [1.54, 1.807) is 6.07 Å². The van der Waals surface area contributed by atoms with Gasteiger partial charge in [-0.1, -0.05) is 17.8 Å². The summed E-state index contributed by atoms with van der Waals surface area (Å²) >= 11 is 0.935. The Bertz CT molecular complexity index is 460. The van der Waals surface area contributed by atoms with Crippen LogP contribution in [-0.2, 0) is 11.2 Å². The first-order chi connectivity index (χ1) is 7.56. The molecule has 3 N–H and O–H groups in total. The fraction of sp³-hybridized carbons (Fsp3) is 0.200. The number of thioether (sulfide) groups is 1. The Morgan fingerprint density at radius 1 is 1.25 bits per heavy atom. The van der Waals surface area contributed by atoms with E-state index < -0.39 is 5.25 Å². The molecule has 1 fully saturated rings. The molecule has 1 aromatic rings. The van der Waals surface area contributed by atoms with Gasteiger partial charge in [0.1, 0.15) is 0 Å². The Hall–Kier alpha value is -1.69. The zero-order chi connectivity index (χ0) is 11.7. The average Bonchev–Trinajstić information content (AvgIpc) is 2.51. The van der Waals surface area contributed by atoms with E-state index in [9.17, 15) is 14.7 Å². The minimum absolute atomic E-state index is 0.205. The maximum atomic E-state index is 11.3. The molecule has 0 spiro atoms. The number of nitrogens with one attached hydrogen (secondary N) is 1. The molecule has 0 saturated carbocycles. The molecular formula is C10H9NO4S. The van der Waals surface area contributed by atoms with Crippen LogP contribution in [0.3, 0.4) is 0 Å². The van der Waals surface area contributed by atoms with E-state index in [0.29, 0.717) is 12.0 Å². The summed E-state index contributed by atoms with van der Waals surface area (Å²) in [7, 11) is 0. The largest absolute Gasteiger partial charge is 0.504 e. The molecule has 1 unspecified atom stereocenters. The van der Waals surface area contributed by atoms with Crippen LogP contribution in [0.15, 0.2) is 18.2 Å². The number of carbonyl (C=O) groups is 2. The number of imide groups is 1. The van der Waals surface area contributed by atoms with Crippen LogP contribution < -0.4 is 5.32 Å². The summed E-state index contributed by atoms with van der Waals surface area (Å²) in [5.41, 5.74) is 0.692. The molecule has 2 amide bonds. The van der Waals surface area contributed by atoms with Gasteiger partial charge in [-0.3, -0.25) is 14.9 Å². The molecule has 1 aliphatic rings. The highest BCUT2D eigenvalue weighted by atomic mass is 32.2. The minimum atomic E-state index is -0.462. The molecule has 84 valence electrons. The van der Waals surface area contributed by atoms with Crippen molar-refractivity contribution in [3.63, 3.8) is 0 Å². The van der Waals surface area contributed by atoms with Crippen molar-refractivity contribution in [1.82, 2.24) is 5.32 Å². The molecule has 1 atom stereocenters. The third-order valence-electron chi connectivity index (χ3n) is 2.23. The first kappa shape index (κ1) is 10.8. The monoisotopic (exact) mass is 239 g/mol. The average molecular weight is 239 g/mol. The molecule has 0 radical (unpaired) electrons.